The van der Waals surface area contributed by atoms with Gasteiger partial charge in [0.2, 0.25) is 0 Å². The Balaban J connectivity index is 1.11. The predicted molar refractivity (Wildman–Crippen MR) is 186 cm³/mol. The fourth-order valence-electron chi connectivity index (χ4n) is 10.8. The van der Waals surface area contributed by atoms with Crippen molar-refractivity contribution >= 4 is 0 Å². The summed E-state index contributed by atoms with van der Waals surface area (Å²) in [7, 11) is 0. The minimum atomic E-state index is -0.938. The van der Waals surface area contributed by atoms with E-state index < -0.39 is 17.0 Å². The van der Waals surface area contributed by atoms with Gasteiger partial charge in [-0.2, -0.15) is 0 Å². The zero-order valence-corrected chi connectivity index (χ0v) is 29.8. The number of allylic oxidation sites excluding steroid dienone is 1. The predicted octanol–water partition coefficient (Wildman–Crippen LogP) is 7.49. The summed E-state index contributed by atoms with van der Waals surface area (Å²) in [6.45, 7) is 9.43. The second kappa shape index (κ2) is 12.8. The van der Waals surface area contributed by atoms with Crippen LogP contribution in [0.15, 0.2) is 54.1 Å². The van der Waals surface area contributed by atoms with Crippen LogP contribution in [0.2, 0.25) is 0 Å². The number of hydrogen-bond donors (Lipinski definition) is 2. The first-order chi connectivity index (χ1) is 23.5. The maximum absolute atomic E-state index is 12.6. The van der Waals surface area contributed by atoms with Gasteiger partial charge in [-0.1, -0.05) is 50.6 Å². The maximum atomic E-state index is 12.6. The topological polar surface area (TPSA) is 103 Å². The molecule has 0 amide bonds. The second-order valence-corrected chi connectivity index (χ2v) is 17.3. The highest BCUT2D eigenvalue weighted by Crippen LogP contribution is 2.68. The van der Waals surface area contributed by atoms with Gasteiger partial charge in [0.25, 0.3) is 0 Å². The third-order valence-corrected chi connectivity index (χ3v) is 13.6. The van der Waals surface area contributed by atoms with Crippen LogP contribution in [0.3, 0.4) is 0 Å². The van der Waals surface area contributed by atoms with Gasteiger partial charge in [0, 0.05) is 60.8 Å². The van der Waals surface area contributed by atoms with Crippen molar-refractivity contribution < 1.29 is 29.2 Å². The van der Waals surface area contributed by atoms with Crippen molar-refractivity contribution in [2.75, 3.05) is 26.4 Å². The first-order valence-electron chi connectivity index (χ1n) is 19.1. The lowest BCUT2D eigenvalue weighted by molar-refractivity contribution is -0.322. The van der Waals surface area contributed by atoms with E-state index in [0.29, 0.717) is 44.5 Å². The molecule has 1 aromatic carbocycles. The van der Waals surface area contributed by atoms with E-state index in [-0.39, 0.29) is 23.0 Å². The summed E-state index contributed by atoms with van der Waals surface area (Å²) < 4.78 is 24.9. The van der Waals surface area contributed by atoms with Crippen LogP contribution in [0.25, 0.3) is 11.1 Å². The summed E-state index contributed by atoms with van der Waals surface area (Å²) in [5.74, 6) is 0.121. The van der Waals surface area contributed by atoms with Gasteiger partial charge in [-0.05, 0) is 99.2 Å². The molecule has 3 heterocycles. The van der Waals surface area contributed by atoms with E-state index >= 15 is 0 Å². The van der Waals surface area contributed by atoms with Gasteiger partial charge in [0.15, 0.2) is 12.1 Å². The van der Waals surface area contributed by atoms with Crippen LogP contribution in [-0.4, -0.2) is 69.9 Å². The molecular formula is C41H56N2O6. The van der Waals surface area contributed by atoms with Crippen molar-refractivity contribution in [1.29, 1.82) is 0 Å². The molecule has 8 nitrogen and oxygen atoms in total. The van der Waals surface area contributed by atoms with E-state index in [2.05, 4.69) is 55.0 Å². The van der Waals surface area contributed by atoms with E-state index in [1.807, 2.05) is 12.4 Å². The Hall–Kier alpha value is -2.20. The highest BCUT2D eigenvalue weighted by Gasteiger charge is 2.64. The normalized spacial score (nSPS) is 38.1. The fraction of sp³-hybridized carbons (Fsp3) is 0.707. The number of ether oxygens (including phenoxy) is 4. The standard InChI is InChI=1S/C41H56N2O6/c1-37(2)25-48-41(49-26-37)18-14-34-36-31(12-16-39(34,44)24-41)33-13-17-40(45,15-6-20-47-35-7-4-5-19-46-35)38(33,3)21-32(36)29-10-8-28(9-11-29)30-22-42-27-43-23-30/h8-11,22-23,27,31-33,35,44-45H,4-7,12-21,24-26H2,1-3H3/t31-,32+,33-,35?,38+,39+,40+/m0/s1. The zero-order chi connectivity index (χ0) is 33.9. The fourth-order valence-corrected chi connectivity index (χ4v) is 10.8. The number of hydrogen-bond acceptors (Lipinski definition) is 8. The summed E-state index contributed by atoms with van der Waals surface area (Å²) in [6.07, 6.45) is 16.4. The molecule has 2 saturated heterocycles. The van der Waals surface area contributed by atoms with E-state index in [1.165, 1.54) is 16.7 Å². The highest BCUT2D eigenvalue weighted by atomic mass is 16.7. The molecule has 2 N–H and O–H groups in total. The smallest absolute Gasteiger partial charge is 0.171 e. The molecular weight excluding hydrogens is 616 g/mol. The van der Waals surface area contributed by atoms with Gasteiger partial charge in [-0.15, -0.1) is 0 Å². The Morgan fingerprint density at radius 3 is 2.41 bits per heavy atom. The Kier molecular flexibility index (Phi) is 8.85. The minimum absolute atomic E-state index is 0.0176. The van der Waals surface area contributed by atoms with Crippen LogP contribution < -0.4 is 0 Å². The van der Waals surface area contributed by atoms with Crippen molar-refractivity contribution in [2.24, 2.45) is 22.7 Å². The number of fused-ring (bicyclic) bond motifs is 4. The Morgan fingerprint density at radius 1 is 0.898 bits per heavy atom. The lowest BCUT2D eigenvalue weighted by Gasteiger charge is -2.58. The van der Waals surface area contributed by atoms with Gasteiger partial charge >= 0.3 is 0 Å². The number of benzene rings is 1. The van der Waals surface area contributed by atoms with Gasteiger partial charge < -0.3 is 29.2 Å². The second-order valence-electron chi connectivity index (χ2n) is 17.3. The first-order valence-corrected chi connectivity index (χ1v) is 19.1. The summed E-state index contributed by atoms with van der Waals surface area (Å²) in [5, 5.41) is 25.2. The summed E-state index contributed by atoms with van der Waals surface area (Å²) in [5.41, 5.74) is 4.06. The monoisotopic (exact) mass is 672 g/mol. The van der Waals surface area contributed by atoms with Crippen molar-refractivity contribution in [3.63, 3.8) is 0 Å². The third-order valence-electron chi connectivity index (χ3n) is 13.6. The summed E-state index contributed by atoms with van der Waals surface area (Å²) in [6, 6.07) is 8.90. The van der Waals surface area contributed by atoms with Crippen LogP contribution in [0.5, 0.6) is 0 Å². The lowest BCUT2D eigenvalue weighted by atomic mass is 9.49. The molecule has 1 spiro atoms. The summed E-state index contributed by atoms with van der Waals surface area (Å²) in [4.78, 5) is 8.46. The lowest BCUT2D eigenvalue weighted by Crippen LogP contribution is -2.58. The van der Waals surface area contributed by atoms with Crippen LogP contribution >= 0.6 is 0 Å². The SMILES string of the molecule is CC1(C)COC2(CCC3=C4[C@@H](CC[C@@]3(O)C2)[C@@H]2CC[C@](O)(CCCOC3CCCCO3)[C@]2(C)C[C@@H]4c2ccc(-c3cncnc3)cc2)OC1. The van der Waals surface area contributed by atoms with Crippen molar-refractivity contribution in [3.05, 3.63) is 59.7 Å². The first kappa shape index (κ1) is 33.9. The van der Waals surface area contributed by atoms with Crippen LogP contribution in [-0.2, 0) is 18.9 Å². The molecule has 4 aliphatic carbocycles. The Bertz CT molecular complexity index is 1510. The quantitative estimate of drug-likeness (QED) is 0.230. The maximum Gasteiger partial charge on any atom is 0.171 e. The van der Waals surface area contributed by atoms with E-state index in [0.717, 1.165) is 88.4 Å². The molecule has 1 aromatic heterocycles. The van der Waals surface area contributed by atoms with Crippen molar-refractivity contribution in [3.8, 4) is 11.1 Å². The number of aliphatic hydroxyl groups is 2. The molecule has 3 saturated carbocycles. The van der Waals surface area contributed by atoms with Crippen LogP contribution in [0.4, 0.5) is 0 Å². The van der Waals surface area contributed by atoms with E-state index in [4.69, 9.17) is 18.9 Å². The molecule has 1 unspecified atom stereocenters. The average molecular weight is 673 g/mol. The van der Waals surface area contributed by atoms with Gasteiger partial charge in [0.1, 0.15) is 6.33 Å². The Labute approximate surface area is 292 Å². The van der Waals surface area contributed by atoms with Crippen LogP contribution in [0, 0.1) is 22.7 Å². The summed E-state index contributed by atoms with van der Waals surface area (Å²) >= 11 is 0. The highest BCUT2D eigenvalue weighted by molar-refractivity contribution is 5.62. The molecule has 5 fully saturated rings. The Morgan fingerprint density at radius 2 is 1.67 bits per heavy atom. The molecule has 0 radical (unpaired) electrons. The van der Waals surface area contributed by atoms with Crippen molar-refractivity contribution in [2.45, 2.75) is 133 Å². The van der Waals surface area contributed by atoms with Gasteiger partial charge in [-0.25, -0.2) is 9.97 Å². The number of nitrogens with zero attached hydrogens (tertiary/aromatic N) is 2. The van der Waals surface area contributed by atoms with Gasteiger partial charge in [0.05, 0.1) is 24.4 Å². The molecule has 7 atom stereocenters. The third kappa shape index (κ3) is 6.12. The van der Waals surface area contributed by atoms with Crippen LogP contribution in [0.1, 0.15) is 116 Å². The number of rotatable bonds is 7. The average Bonchev–Trinajstić information content (AvgIpc) is 3.38. The molecule has 266 valence electrons. The van der Waals surface area contributed by atoms with E-state index in [9.17, 15) is 10.2 Å². The minimum Gasteiger partial charge on any atom is -0.389 e. The molecule has 0 bridgehead atoms. The molecule has 49 heavy (non-hydrogen) atoms. The largest absolute Gasteiger partial charge is 0.389 e. The number of aromatic nitrogens is 2. The van der Waals surface area contributed by atoms with Crippen molar-refractivity contribution in [1.82, 2.24) is 9.97 Å². The molecule has 8 rings (SSSR count). The molecule has 8 heteroatoms. The van der Waals surface area contributed by atoms with Gasteiger partial charge in [-0.3, -0.25) is 0 Å². The van der Waals surface area contributed by atoms with E-state index in [1.54, 1.807) is 6.33 Å². The molecule has 2 aromatic rings. The molecule has 6 aliphatic rings. The zero-order valence-electron chi connectivity index (χ0n) is 29.8. The molecule has 2 aliphatic heterocycles.